The molecule has 8 heteroatoms. The van der Waals surface area contributed by atoms with Gasteiger partial charge < -0.3 is 9.64 Å². The Morgan fingerprint density at radius 2 is 1.85 bits per heavy atom. The monoisotopic (exact) mass is 390 g/mol. The lowest BCUT2D eigenvalue weighted by Gasteiger charge is -2.40. The number of piperazine rings is 1. The fourth-order valence-corrected chi connectivity index (χ4v) is 3.81. The summed E-state index contributed by atoms with van der Waals surface area (Å²) >= 11 is 0. The van der Waals surface area contributed by atoms with Crippen LogP contribution in [0, 0.1) is 0 Å². The molecule has 1 aromatic carbocycles. The standard InChI is InChI=1S/C19H26N4O3S/c1-26-18-7-5-17(6-8-18)22-10-12-23(13-11-22)19(15-21-27(2,24)25)16-4-3-9-20-14-16/h3-9,14,19,21H,10-13,15H2,1-2H3/t19-/m1/s1. The number of hydrogen-bond acceptors (Lipinski definition) is 6. The highest BCUT2D eigenvalue weighted by molar-refractivity contribution is 7.88. The van der Waals surface area contributed by atoms with Gasteiger partial charge in [0.15, 0.2) is 0 Å². The van der Waals surface area contributed by atoms with Crippen molar-refractivity contribution in [3.63, 3.8) is 0 Å². The number of methoxy groups -OCH3 is 1. The van der Waals surface area contributed by atoms with Crippen LogP contribution in [-0.4, -0.2) is 64.4 Å². The Bertz CT molecular complexity index is 820. The highest BCUT2D eigenvalue weighted by atomic mass is 32.2. The summed E-state index contributed by atoms with van der Waals surface area (Å²) in [5.41, 5.74) is 2.19. The number of anilines is 1. The van der Waals surface area contributed by atoms with E-state index in [1.807, 2.05) is 30.5 Å². The lowest BCUT2D eigenvalue weighted by Crippen LogP contribution is -2.49. The van der Waals surface area contributed by atoms with E-state index in [9.17, 15) is 8.42 Å². The van der Waals surface area contributed by atoms with Crippen LogP contribution in [0.3, 0.4) is 0 Å². The first-order valence-electron chi connectivity index (χ1n) is 8.94. The smallest absolute Gasteiger partial charge is 0.208 e. The molecule has 7 nitrogen and oxygen atoms in total. The van der Waals surface area contributed by atoms with Crippen molar-refractivity contribution in [2.45, 2.75) is 6.04 Å². The minimum Gasteiger partial charge on any atom is -0.497 e. The first-order chi connectivity index (χ1) is 13.0. The van der Waals surface area contributed by atoms with E-state index in [1.54, 1.807) is 13.3 Å². The molecule has 0 unspecified atom stereocenters. The van der Waals surface area contributed by atoms with Crippen LogP contribution in [0.4, 0.5) is 5.69 Å². The Morgan fingerprint density at radius 1 is 1.15 bits per heavy atom. The molecule has 0 radical (unpaired) electrons. The van der Waals surface area contributed by atoms with Gasteiger partial charge in [0.2, 0.25) is 10.0 Å². The maximum absolute atomic E-state index is 11.6. The molecule has 0 saturated carbocycles. The molecule has 0 bridgehead atoms. The van der Waals surface area contributed by atoms with E-state index in [-0.39, 0.29) is 6.04 Å². The molecule has 0 spiro atoms. The molecule has 27 heavy (non-hydrogen) atoms. The number of sulfonamides is 1. The second kappa shape index (κ2) is 8.69. The van der Waals surface area contributed by atoms with Crippen molar-refractivity contribution >= 4 is 15.7 Å². The summed E-state index contributed by atoms with van der Waals surface area (Å²) in [5, 5.41) is 0. The topological polar surface area (TPSA) is 74.8 Å². The highest BCUT2D eigenvalue weighted by Gasteiger charge is 2.26. The van der Waals surface area contributed by atoms with Crippen LogP contribution in [0.15, 0.2) is 48.8 Å². The molecule has 0 amide bonds. The van der Waals surface area contributed by atoms with Gasteiger partial charge in [0.1, 0.15) is 5.75 Å². The molecule has 146 valence electrons. The Morgan fingerprint density at radius 3 is 2.41 bits per heavy atom. The van der Waals surface area contributed by atoms with Crippen LogP contribution < -0.4 is 14.4 Å². The second-order valence-corrected chi connectivity index (χ2v) is 8.48. The van der Waals surface area contributed by atoms with Gasteiger partial charge in [-0.1, -0.05) is 6.07 Å². The van der Waals surface area contributed by atoms with E-state index >= 15 is 0 Å². The third-order valence-electron chi connectivity index (χ3n) is 4.80. The van der Waals surface area contributed by atoms with Gasteiger partial charge in [-0.2, -0.15) is 0 Å². The SMILES string of the molecule is COc1ccc(N2CCN([C@H](CNS(C)(=O)=O)c3cccnc3)CC2)cc1. The van der Waals surface area contributed by atoms with E-state index in [1.165, 1.54) is 11.9 Å². The molecule has 1 atom stereocenters. The van der Waals surface area contributed by atoms with Crippen molar-refractivity contribution in [2.24, 2.45) is 0 Å². The Labute approximate surface area is 161 Å². The lowest BCUT2D eigenvalue weighted by atomic mass is 10.1. The molecule has 2 aromatic rings. The van der Waals surface area contributed by atoms with Gasteiger partial charge in [-0.25, -0.2) is 13.1 Å². The molecule has 2 heterocycles. The summed E-state index contributed by atoms with van der Waals surface area (Å²) in [6.07, 6.45) is 4.73. The van der Waals surface area contributed by atoms with Gasteiger partial charge >= 0.3 is 0 Å². The van der Waals surface area contributed by atoms with Gasteiger partial charge in [-0.05, 0) is 35.9 Å². The maximum Gasteiger partial charge on any atom is 0.208 e. The number of nitrogens with zero attached hydrogens (tertiary/aromatic N) is 3. The molecular weight excluding hydrogens is 364 g/mol. The van der Waals surface area contributed by atoms with Crippen LogP contribution in [0.1, 0.15) is 11.6 Å². The van der Waals surface area contributed by atoms with E-state index in [4.69, 9.17) is 4.74 Å². The van der Waals surface area contributed by atoms with Gasteiger partial charge in [-0.3, -0.25) is 9.88 Å². The normalized spacial score (nSPS) is 16.9. The zero-order valence-corrected chi connectivity index (χ0v) is 16.5. The summed E-state index contributed by atoms with van der Waals surface area (Å²) < 4.78 is 31.0. The van der Waals surface area contributed by atoms with Crippen LogP contribution in [0.5, 0.6) is 5.75 Å². The number of rotatable bonds is 7. The third kappa shape index (κ3) is 5.41. The number of hydrogen-bond donors (Lipinski definition) is 1. The molecule has 1 aliphatic heterocycles. The summed E-state index contributed by atoms with van der Waals surface area (Å²) in [6.45, 7) is 3.78. The predicted octanol–water partition coefficient (Wildman–Crippen LogP) is 1.50. The Hall–Kier alpha value is -2.16. The van der Waals surface area contributed by atoms with E-state index < -0.39 is 10.0 Å². The molecular formula is C19H26N4O3S. The Kier molecular flexibility index (Phi) is 6.30. The van der Waals surface area contributed by atoms with Crippen LogP contribution in [0.25, 0.3) is 0 Å². The van der Waals surface area contributed by atoms with Crippen molar-refractivity contribution in [3.8, 4) is 5.75 Å². The molecule has 3 rings (SSSR count). The minimum absolute atomic E-state index is 0.0357. The first-order valence-corrected chi connectivity index (χ1v) is 10.8. The summed E-state index contributed by atoms with van der Waals surface area (Å²) in [7, 11) is -1.58. The first kappa shape index (κ1) is 19.6. The van der Waals surface area contributed by atoms with Crippen LogP contribution in [-0.2, 0) is 10.0 Å². The van der Waals surface area contributed by atoms with E-state index in [2.05, 4.69) is 31.6 Å². The highest BCUT2D eigenvalue weighted by Crippen LogP contribution is 2.25. The van der Waals surface area contributed by atoms with Crippen molar-refractivity contribution in [1.29, 1.82) is 0 Å². The summed E-state index contributed by atoms with van der Waals surface area (Å²) in [4.78, 5) is 8.85. The Balaban J connectivity index is 1.68. The largest absolute Gasteiger partial charge is 0.497 e. The average molecular weight is 391 g/mol. The lowest BCUT2D eigenvalue weighted by molar-refractivity contribution is 0.186. The number of pyridine rings is 1. The number of ether oxygens (including phenoxy) is 1. The molecule has 1 fully saturated rings. The number of benzene rings is 1. The van der Waals surface area contributed by atoms with E-state index in [0.29, 0.717) is 6.54 Å². The van der Waals surface area contributed by atoms with Crippen LogP contribution >= 0.6 is 0 Å². The fourth-order valence-electron chi connectivity index (χ4n) is 3.35. The van der Waals surface area contributed by atoms with Gasteiger partial charge in [0.05, 0.1) is 13.4 Å². The number of nitrogens with one attached hydrogen (secondary N) is 1. The van der Waals surface area contributed by atoms with Gasteiger partial charge in [0.25, 0.3) is 0 Å². The zero-order chi connectivity index (χ0) is 19.3. The fraction of sp³-hybridized carbons (Fsp3) is 0.421. The maximum atomic E-state index is 11.6. The molecule has 1 aromatic heterocycles. The van der Waals surface area contributed by atoms with Crippen LogP contribution in [0.2, 0.25) is 0 Å². The van der Waals surface area contributed by atoms with Crippen molar-refractivity contribution in [1.82, 2.24) is 14.6 Å². The van der Waals surface area contributed by atoms with E-state index in [0.717, 1.165) is 37.5 Å². The molecule has 0 aliphatic carbocycles. The number of aromatic nitrogens is 1. The van der Waals surface area contributed by atoms with Crippen molar-refractivity contribution in [3.05, 3.63) is 54.4 Å². The molecule has 1 N–H and O–H groups in total. The predicted molar refractivity (Wildman–Crippen MR) is 107 cm³/mol. The zero-order valence-electron chi connectivity index (χ0n) is 15.7. The molecule has 1 saturated heterocycles. The molecule has 1 aliphatic rings. The summed E-state index contributed by atoms with van der Waals surface area (Å²) in [5.74, 6) is 0.848. The minimum atomic E-state index is -3.25. The third-order valence-corrected chi connectivity index (χ3v) is 5.49. The average Bonchev–Trinajstić information content (AvgIpc) is 2.69. The van der Waals surface area contributed by atoms with Crippen molar-refractivity contribution < 1.29 is 13.2 Å². The second-order valence-electron chi connectivity index (χ2n) is 6.64. The van der Waals surface area contributed by atoms with Gasteiger partial charge in [0, 0.05) is 56.8 Å². The van der Waals surface area contributed by atoms with Crippen molar-refractivity contribution in [2.75, 3.05) is 51.0 Å². The van der Waals surface area contributed by atoms with Gasteiger partial charge in [-0.15, -0.1) is 0 Å². The quantitative estimate of drug-likeness (QED) is 0.772. The summed E-state index contributed by atoms with van der Waals surface area (Å²) in [6, 6.07) is 11.9.